The maximum atomic E-state index is 10.5. The van der Waals surface area contributed by atoms with Crippen molar-refractivity contribution in [3.8, 4) is 0 Å². The second kappa shape index (κ2) is 4.45. The van der Waals surface area contributed by atoms with Crippen LogP contribution in [0.5, 0.6) is 0 Å². The minimum Gasteiger partial charge on any atom is -0.463 e. The maximum Gasteiger partial charge on any atom is 0.319 e. The van der Waals surface area contributed by atoms with Crippen LogP contribution < -0.4 is 5.73 Å². The number of ether oxygens (including phenoxy) is 1. The molecule has 0 spiro atoms. The lowest BCUT2D eigenvalue weighted by Crippen LogP contribution is -2.18. The number of carbonyl (C=O) groups excluding carboxylic acids is 1. The van der Waals surface area contributed by atoms with Crippen molar-refractivity contribution < 1.29 is 9.53 Å². The molecule has 12 heavy (non-hydrogen) atoms. The van der Waals surface area contributed by atoms with Gasteiger partial charge in [-0.25, -0.2) is 0 Å². The van der Waals surface area contributed by atoms with Crippen LogP contribution in [0, 0.1) is 6.33 Å². The van der Waals surface area contributed by atoms with E-state index in [4.69, 9.17) is 10.5 Å². The van der Waals surface area contributed by atoms with Crippen LogP contribution in [0.15, 0.2) is 6.33 Å². The Bertz CT molecular complexity index is 234. The Morgan fingerprint density at radius 2 is 2.58 bits per heavy atom. The summed E-state index contributed by atoms with van der Waals surface area (Å²) >= 11 is 0. The van der Waals surface area contributed by atoms with E-state index in [-0.39, 0.29) is 13.2 Å². The van der Waals surface area contributed by atoms with Gasteiger partial charge in [-0.05, 0) is 0 Å². The molecule has 0 aliphatic rings. The van der Waals surface area contributed by atoms with Crippen molar-refractivity contribution in [2.45, 2.75) is 6.54 Å². The van der Waals surface area contributed by atoms with E-state index in [1.807, 2.05) is 0 Å². The van der Waals surface area contributed by atoms with Gasteiger partial charge in [0, 0.05) is 0 Å². The number of nitrogens with two attached hydrogens (primary N) is 1. The predicted octanol–water partition coefficient (Wildman–Crippen LogP) is -1.42. The van der Waals surface area contributed by atoms with Gasteiger partial charge in [-0.1, -0.05) is 0 Å². The SMILES string of the molecule is NCC(=O)OCCn1[c]nnc1. The summed E-state index contributed by atoms with van der Waals surface area (Å²) in [5.41, 5.74) is 5.02. The van der Waals surface area contributed by atoms with E-state index >= 15 is 0 Å². The monoisotopic (exact) mass is 169 g/mol. The van der Waals surface area contributed by atoms with E-state index < -0.39 is 5.97 Å². The fourth-order valence-electron chi connectivity index (χ4n) is 0.622. The van der Waals surface area contributed by atoms with Gasteiger partial charge in [-0.15, -0.1) is 10.2 Å². The van der Waals surface area contributed by atoms with Gasteiger partial charge in [0.15, 0.2) is 0 Å². The lowest BCUT2D eigenvalue weighted by atomic mass is 10.6. The van der Waals surface area contributed by atoms with E-state index in [0.717, 1.165) is 0 Å². The highest BCUT2D eigenvalue weighted by Crippen LogP contribution is 1.83. The highest BCUT2D eigenvalue weighted by molar-refractivity contribution is 5.71. The molecular formula is C6H9N4O2. The van der Waals surface area contributed by atoms with E-state index in [1.165, 1.54) is 6.33 Å². The molecule has 65 valence electrons. The van der Waals surface area contributed by atoms with Crippen molar-refractivity contribution >= 4 is 5.97 Å². The second-order valence-electron chi connectivity index (χ2n) is 2.05. The molecule has 0 aliphatic heterocycles. The molecular weight excluding hydrogens is 160 g/mol. The van der Waals surface area contributed by atoms with E-state index in [1.54, 1.807) is 4.57 Å². The van der Waals surface area contributed by atoms with Gasteiger partial charge in [0.25, 0.3) is 0 Å². The number of hydrogen-bond acceptors (Lipinski definition) is 5. The summed E-state index contributed by atoms with van der Waals surface area (Å²) in [5.74, 6) is -0.414. The Morgan fingerprint density at radius 1 is 1.75 bits per heavy atom. The average Bonchev–Trinajstić information content (AvgIpc) is 2.57. The van der Waals surface area contributed by atoms with Crippen LogP contribution in [0.3, 0.4) is 0 Å². The van der Waals surface area contributed by atoms with Crippen LogP contribution in [0.1, 0.15) is 0 Å². The highest BCUT2D eigenvalue weighted by Gasteiger charge is 1.97. The second-order valence-corrected chi connectivity index (χ2v) is 2.05. The summed E-state index contributed by atoms with van der Waals surface area (Å²) < 4.78 is 6.29. The Labute approximate surface area is 69.3 Å². The van der Waals surface area contributed by atoms with Crippen LogP contribution in [0.4, 0.5) is 0 Å². The Hall–Kier alpha value is -1.43. The number of carbonyl (C=O) groups is 1. The number of aromatic nitrogens is 3. The maximum absolute atomic E-state index is 10.5. The van der Waals surface area contributed by atoms with Crippen molar-refractivity contribution in [1.29, 1.82) is 0 Å². The molecule has 1 aromatic rings. The zero-order valence-electron chi connectivity index (χ0n) is 6.43. The Balaban J connectivity index is 2.15. The number of rotatable bonds is 4. The van der Waals surface area contributed by atoms with Crippen molar-refractivity contribution in [3.63, 3.8) is 0 Å². The van der Waals surface area contributed by atoms with Crippen LogP contribution in [-0.2, 0) is 16.1 Å². The topological polar surface area (TPSA) is 83.0 Å². The van der Waals surface area contributed by atoms with Gasteiger partial charge >= 0.3 is 5.97 Å². The quantitative estimate of drug-likeness (QED) is 0.559. The van der Waals surface area contributed by atoms with Crippen molar-refractivity contribution in [2.75, 3.05) is 13.2 Å². The number of esters is 1. The highest BCUT2D eigenvalue weighted by atomic mass is 16.5. The first-order valence-electron chi connectivity index (χ1n) is 3.44. The van der Waals surface area contributed by atoms with Crippen LogP contribution in [0.2, 0.25) is 0 Å². The van der Waals surface area contributed by atoms with Crippen molar-refractivity contribution in [1.82, 2.24) is 14.8 Å². The van der Waals surface area contributed by atoms with Crippen molar-refractivity contribution in [2.24, 2.45) is 5.73 Å². The third kappa shape index (κ3) is 2.67. The fourth-order valence-corrected chi connectivity index (χ4v) is 0.622. The van der Waals surface area contributed by atoms with Gasteiger partial charge in [0.2, 0.25) is 6.33 Å². The molecule has 2 N–H and O–H groups in total. The minimum absolute atomic E-state index is 0.0914. The standard InChI is InChI=1S/C6H9N4O2/c7-3-6(11)12-2-1-10-4-8-9-5-10/h4H,1-3,7H2. The molecule has 1 heterocycles. The van der Waals surface area contributed by atoms with Crippen LogP contribution >= 0.6 is 0 Å². The van der Waals surface area contributed by atoms with Crippen LogP contribution in [-0.4, -0.2) is 33.9 Å². The van der Waals surface area contributed by atoms with E-state index in [2.05, 4.69) is 16.5 Å². The molecule has 0 saturated heterocycles. The lowest BCUT2D eigenvalue weighted by molar-refractivity contribution is -0.142. The Morgan fingerprint density at radius 3 is 3.17 bits per heavy atom. The summed E-state index contributed by atoms with van der Waals surface area (Å²) in [6.07, 6.45) is 4.06. The number of nitrogens with zero attached hydrogens (tertiary/aromatic N) is 3. The lowest BCUT2D eigenvalue weighted by Gasteiger charge is -2.01. The van der Waals surface area contributed by atoms with Gasteiger partial charge < -0.3 is 15.0 Å². The number of hydrogen-bond donors (Lipinski definition) is 1. The molecule has 0 bridgehead atoms. The molecule has 0 aromatic carbocycles. The summed E-state index contributed by atoms with van der Waals surface area (Å²) in [7, 11) is 0. The van der Waals surface area contributed by atoms with Gasteiger partial charge in [-0.3, -0.25) is 4.79 Å². The van der Waals surface area contributed by atoms with E-state index in [0.29, 0.717) is 6.54 Å². The molecule has 6 nitrogen and oxygen atoms in total. The molecule has 0 amide bonds. The third-order valence-corrected chi connectivity index (χ3v) is 1.18. The molecule has 0 atom stereocenters. The molecule has 0 aliphatic carbocycles. The minimum atomic E-state index is -0.414. The smallest absolute Gasteiger partial charge is 0.319 e. The average molecular weight is 169 g/mol. The largest absolute Gasteiger partial charge is 0.463 e. The van der Waals surface area contributed by atoms with Gasteiger partial charge in [0.05, 0.1) is 13.1 Å². The third-order valence-electron chi connectivity index (χ3n) is 1.18. The van der Waals surface area contributed by atoms with Gasteiger partial charge in [-0.2, -0.15) is 0 Å². The first-order valence-corrected chi connectivity index (χ1v) is 3.44. The normalized spacial score (nSPS) is 9.75. The molecule has 6 heteroatoms. The molecule has 0 unspecified atom stereocenters. The summed E-state index contributed by atoms with van der Waals surface area (Å²) in [4.78, 5) is 10.5. The molecule has 1 rings (SSSR count). The van der Waals surface area contributed by atoms with Gasteiger partial charge in [0.1, 0.15) is 12.9 Å². The molecule has 1 aromatic heterocycles. The predicted molar refractivity (Wildman–Crippen MR) is 38.9 cm³/mol. The summed E-state index contributed by atoms with van der Waals surface area (Å²) in [6, 6.07) is 0. The molecule has 0 saturated carbocycles. The molecule has 1 radical (unpaired) electrons. The Kier molecular flexibility index (Phi) is 3.21. The molecule has 0 fully saturated rings. The fraction of sp³-hybridized carbons (Fsp3) is 0.500. The van der Waals surface area contributed by atoms with Crippen LogP contribution in [0.25, 0.3) is 0 Å². The zero-order valence-corrected chi connectivity index (χ0v) is 6.43. The zero-order chi connectivity index (χ0) is 8.81. The first kappa shape index (κ1) is 8.66. The van der Waals surface area contributed by atoms with Crippen molar-refractivity contribution in [3.05, 3.63) is 12.7 Å². The first-order chi connectivity index (χ1) is 5.83. The summed E-state index contributed by atoms with van der Waals surface area (Å²) in [5, 5.41) is 7.00. The summed E-state index contributed by atoms with van der Waals surface area (Å²) in [6.45, 7) is 0.676. The van der Waals surface area contributed by atoms with E-state index in [9.17, 15) is 4.79 Å².